The van der Waals surface area contributed by atoms with Gasteiger partial charge in [0.2, 0.25) is 0 Å². The number of hydrogen-bond donors (Lipinski definition) is 0. The molecule has 3 aromatic rings. The third-order valence-electron chi connectivity index (χ3n) is 4.34. The van der Waals surface area contributed by atoms with E-state index in [2.05, 4.69) is 6.07 Å². The summed E-state index contributed by atoms with van der Waals surface area (Å²) in [4.78, 5) is 0.139. The van der Waals surface area contributed by atoms with Gasteiger partial charge in [0.15, 0.2) is 0 Å². The lowest BCUT2D eigenvalue weighted by Crippen LogP contribution is -2.15. The summed E-state index contributed by atoms with van der Waals surface area (Å²) in [6.07, 6.45) is 0. The van der Waals surface area contributed by atoms with Gasteiger partial charge in [-0.1, -0.05) is 60.2 Å². The highest BCUT2D eigenvalue weighted by Crippen LogP contribution is 2.27. The van der Waals surface area contributed by atoms with Crippen molar-refractivity contribution in [2.24, 2.45) is 0 Å². The Labute approximate surface area is 159 Å². The second-order valence-electron chi connectivity index (χ2n) is 6.25. The van der Waals surface area contributed by atoms with Crippen LogP contribution in [0.3, 0.4) is 0 Å². The van der Waals surface area contributed by atoms with E-state index >= 15 is 0 Å². The molecule has 1 atom stereocenters. The van der Waals surface area contributed by atoms with E-state index in [0.717, 1.165) is 16.7 Å². The first-order chi connectivity index (χ1) is 13.0. The van der Waals surface area contributed by atoms with E-state index in [-0.39, 0.29) is 17.4 Å². The van der Waals surface area contributed by atoms with Gasteiger partial charge in [-0.25, -0.2) is 0 Å². The van der Waals surface area contributed by atoms with Crippen LogP contribution in [0.2, 0.25) is 0 Å². The predicted octanol–water partition coefficient (Wildman–Crippen LogP) is 4.40. The van der Waals surface area contributed by atoms with Crippen molar-refractivity contribution in [1.82, 2.24) is 0 Å². The lowest BCUT2D eigenvalue weighted by molar-refractivity contribution is 0.305. The standard InChI is InChI=1S/C22H19NO3S/c1-17-7-13-21(14-8-17)27(24,25)26-16-22(19-5-3-2-4-6-19)20-11-9-18(15-23)10-12-20/h2-14,22H,16H2,1H3. The zero-order valence-corrected chi connectivity index (χ0v) is 15.7. The van der Waals surface area contributed by atoms with Gasteiger partial charge < -0.3 is 0 Å². The second kappa shape index (κ2) is 8.17. The van der Waals surface area contributed by atoms with Crippen molar-refractivity contribution in [3.8, 4) is 6.07 Å². The fourth-order valence-corrected chi connectivity index (χ4v) is 3.71. The molecule has 0 N–H and O–H groups in total. The molecule has 0 aliphatic rings. The minimum atomic E-state index is -3.85. The quantitative estimate of drug-likeness (QED) is 0.597. The normalized spacial score (nSPS) is 12.3. The molecule has 0 bridgehead atoms. The Kier molecular flexibility index (Phi) is 5.70. The van der Waals surface area contributed by atoms with E-state index in [4.69, 9.17) is 9.44 Å². The van der Waals surface area contributed by atoms with Crippen LogP contribution in [-0.2, 0) is 14.3 Å². The zero-order chi connectivity index (χ0) is 19.3. The number of nitrogens with zero attached hydrogens (tertiary/aromatic N) is 1. The van der Waals surface area contributed by atoms with E-state index in [1.54, 1.807) is 36.4 Å². The lowest BCUT2D eigenvalue weighted by atomic mass is 9.92. The van der Waals surface area contributed by atoms with E-state index in [1.165, 1.54) is 0 Å². The molecule has 0 amide bonds. The highest BCUT2D eigenvalue weighted by atomic mass is 32.2. The van der Waals surface area contributed by atoms with Crippen LogP contribution in [0.1, 0.15) is 28.2 Å². The Balaban J connectivity index is 1.87. The van der Waals surface area contributed by atoms with Gasteiger partial charge >= 0.3 is 0 Å². The van der Waals surface area contributed by atoms with Gasteiger partial charge in [0.25, 0.3) is 10.1 Å². The molecule has 0 aliphatic heterocycles. The molecular formula is C22H19NO3S. The van der Waals surface area contributed by atoms with E-state index in [0.29, 0.717) is 5.56 Å². The molecule has 3 rings (SSSR count). The van der Waals surface area contributed by atoms with Gasteiger partial charge in [0.1, 0.15) is 0 Å². The SMILES string of the molecule is Cc1ccc(S(=O)(=O)OCC(c2ccccc2)c2ccc(C#N)cc2)cc1. The van der Waals surface area contributed by atoms with Gasteiger partial charge in [0, 0.05) is 5.92 Å². The van der Waals surface area contributed by atoms with Crippen molar-refractivity contribution in [2.75, 3.05) is 6.61 Å². The Hall–Kier alpha value is -2.94. The summed E-state index contributed by atoms with van der Waals surface area (Å²) in [6, 6.07) is 25.4. The maximum Gasteiger partial charge on any atom is 0.297 e. The smallest absolute Gasteiger partial charge is 0.265 e. The zero-order valence-electron chi connectivity index (χ0n) is 14.9. The number of nitriles is 1. The molecule has 4 nitrogen and oxygen atoms in total. The number of aryl methyl sites for hydroxylation is 1. The van der Waals surface area contributed by atoms with Crippen molar-refractivity contribution >= 4 is 10.1 Å². The molecule has 0 aliphatic carbocycles. The van der Waals surface area contributed by atoms with Gasteiger partial charge in [-0.3, -0.25) is 4.18 Å². The minimum Gasteiger partial charge on any atom is -0.265 e. The third-order valence-corrected chi connectivity index (χ3v) is 5.64. The summed E-state index contributed by atoms with van der Waals surface area (Å²) >= 11 is 0. The summed E-state index contributed by atoms with van der Waals surface area (Å²) in [6.45, 7) is 1.87. The van der Waals surface area contributed by atoms with E-state index in [9.17, 15) is 8.42 Å². The number of hydrogen-bond acceptors (Lipinski definition) is 4. The average Bonchev–Trinajstić information content (AvgIpc) is 2.70. The topological polar surface area (TPSA) is 67.2 Å². The first-order valence-electron chi connectivity index (χ1n) is 8.51. The molecule has 0 heterocycles. The first kappa shape index (κ1) is 18.8. The second-order valence-corrected chi connectivity index (χ2v) is 7.86. The van der Waals surface area contributed by atoms with E-state index in [1.807, 2.05) is 49.4 Å². The summed E-state index contributed by atoms with van der Waals surface area (Å²) in [5, 5.41) is 8.99. The molecule has 0 saturated heterocycles. The number of rotatable bonds is 6. The summed E-state index contributed by atoms with van der Waals surface area (Å²) < 4.78 is 30.5. The average molecular weight is 377 g/mol. The monoisotopic (exact) mass is 377 g/mol. The summed E-state index contributed by atoms with van der Waals surface area (Å²) in [7, 11) is -3.85. The molecule has 136 valence electrons. The van der Waals surface area contributed by atoms with Crippen LogP contribution in [0, 0.1) is 18.3 Å². The van der Waals surface area contributed by atoms with Crippen LogP contribution in [-0.4, -0.2) is 15.0 Å². The van der Waals surface area contributed by atoms with E-state index < -0.39 is 10.1 Å². The minimum absolute atomic E-state index is 0.0217. The van der Waals surface area contributed by atoms with Gasteiger partial charge in [-0.05, 0) is 42.3 Å². The summed E-state index contributed by atoms with van der Waals surface area (Å²) in [5.41, 5.74) is 3.37. The van der Waals surface area contributed by atoms with Crippen LogP contribution in [0.25, 0.3) is 0 Å². The summed E-state index contributed by atoms with van der Waals surface area (Å²) in [5.74, 6) is -0.265. The largest absolute Gasteiger partial charge is 0.297 e. The van der Waals surface area contributed by atoms with Crippen LogP contribution in [0.5, 0.6) is 0 Å². The lowest BCUT2D eigenvalue weighted by Gasteiger charge is -2.18. The molecule has 3 aromatic carbocycles. The Morgan fingerprint density at radius 3 is 2.07 bits per heavy atom. The van der Waals surface area contributed by atoms with Crippen LogP contribution in [0.4, 0.5) is 0 Å². The van der Waals surface area contributed by atoms with Crippen molar-refractivity contribution in [1.29, 1.82) is 5.26 Å². The van der Waals surface area contributed by atoms with Gasteiger partial charge in [0.05, 0.1) is 23.1 Å². The molecule has 0 fully saturated rings. The molecule has 0 spiro atoms. The third kappa shape index (κ3) is 4.62. The van der Waals surface area contributed by atoms with Crippen LogP contribution >= 0.6 is 0 Å². The first-order valence-corrected chi connectivity index (χ1v) is 9.91. The van der Waals surface area contributed by atoms with Crippen molar-refractivity contribution in [3.05, 3.63) is 101 Å². The molecule has 0 radical (unpaired) electrons. The Morgan fingerprint density at radius 2 is 1.48 bits per heavy atom. The fourth-order valence-electron chi connectivity index (χ4n) is 2.79. The molecule has 27 heavy (non-hydrogen) atoms. The number of benzene rings is 3. The van der Waals surface area contributed by atoms with Gasteiger partial charge in [-0.2, -0.15) is 13.7 Å². The Morgan fingerprint density at radius 1 is 0.889 bits per heavy atom. The molecule has 0 aromatic heterocycles. The highest BCUT2D eigenvalue weighted by molar-refractivity contribution is 7.86. The Bertz CT molecular complexity index is 1040. The molecule has 0 saturated carbocycles. The fraction of sp³-hybridized carbons (Fsp3) is 0.136. The van der Waals surface area contributed by atoms with Crippen LogP contribution in [0.15, 0.2) is 83.8 Å². The van der Waals surface area contributed by atoms with Gasteiger partial charge in [-0.15, -0.1) is 0 Å². The predicted molar refractivity (Wildman–Crippen MR) is 104 cm³/mol. The molecule has 1 unspecified atom stereocenters. The maximum atomic E-state index is 12.5. The van der Waals surface area contributed by atoms with Crippen molar-refractivity contribution in [2.45, 2.75) is 17.7 Å². The highest BCUT2D eigenvalue weighted by Gasteiger charge is 2.21. The molecular weight excluding hydrogens is 358 g/mol. The van der Waals surface area contributed by atoms with Crippen molar-refractivity contribution in [3.63, 3.8) is 0 Å². The van der Waals surface area contributed by atoms with Crippen LogP contribution < -0.4 is 0 Å². The maximum absolute atomic E-state index is 12.5. The van der Waals surface area contributed by atoms with Crippen molar-refractivity contribution < 1.29 is 12.6 Å². The molecule has 5 heteroatoms.